The Morgan fingerprint density at radius 2 is 2.20 bits per heavy atom. The second kappa shape index (κ2) is 4.61. The Balaban J connectivity index is 2.25. The molecule has 0 radical (unpaired) electrons. The molecular formula is C14H19N. The first kappa shape index (κ1) is 10.4. The minimum absolute atomic E-state index is 0.517. The molecule has 80 valence electrons. The highest BCUT2D eigenvalue weighted by molar-refractivity contribution is 5.29. The minimum atomic E-state index is 0.517. The van der Waals surface area contributed by atoms with Gasteiger partial charge in [-0.15, -0.1) is 0 Å². The van der Waals surface area contributed by atoms with Crippen molar-refractivity contribution < 1.29 is 0 Å². The number of aromatic nitrogens is 1. The van der Waals surface area contributed by atoms with Crippen molar-refractivity contribution in [3.05, 3.63) is 41.2 Å². The predicted molar refractivity (Wildman–Crippen MR) is 63.8 cm³/mol. The zero-order valence-electron chi connectivity index (χ0n) is 9.66. The van der Waals surface area contributed by atoms with Crippen LogP contribution in [0.1, 0.15) is 51.1 Å². The number of nitrogens with zero attached hydrogens (tertiary/aromatic N) is 1. The van der Waals surface area contributed by atoms with E-state index >= 15 is 0 Å². The molecule has 1 atom stereocenters. The van der Waals surface area contributed by atoms with E-state index in [2.05, 4.69) is 31.0 Å². The van der Waals surface area contributed by atoms with Gasteiger partial charge in [0.05, 0.1) is 0 Å². The van der Waals surface area contributed by atoms with Crippen LogP contribution in [0.4, 0.5) is 0 Å². The maximum Gasteiger partial charge on any atom is 0.0472 e. The quantitative estimate of drug-likeness (QED) is 0.672. The summed E-state index contributed by atoms with van der Waals surface area (Å²) in [6, 6.07) is 6.21. The van der Waals surface area contributed by atoms with Crippen molar-refractivity contribution in [2.45, 2.75) is 45.4 Å². The van der Waals surface area contributed by atoms with Crippen molar-refractivity contribution in [2.24, 2.45) is 0 Å². The van der Waals surface area contributed by atoms with E-state index in [-0.39, 0.29) is 0 Å². The van der Waals surface area contributed by atoms with Gasteiger partial charge < -0.3 is 0 Å². The molecule has 0 unspecified atom stereocenters. The molecule has 0 saturated carbocycles. The van der Waals surface area contributed by atoms with Crippen molar-refractivity contribution in [1.82, 2.24) is 4.98 Å². The molecule has 1 aromatic rings. The summed E-state index contributed by atoms with van der Waals surface area (Å²) in [5, 5.41) is 0. The molecule has 1 nitrogen and oxygen atoms in total. The van der Waals surface area contributed by atoms with Crippen LogP contribution in [0.3, 0.4) is 0 Å². The minimum Gasteiger partial charge on any atom is -0.261 e. The summed E-state index contributed by atoms with van der Waals surface area (Å²) in [4.78, 5) is 4.46. The second-order valence-electron chi connectivity index (χ2n) is 4.31. The Morgan fingerprint density at radius 1 is 1.33 bits per heavy atom. The van der Waals surface area contributed by atoms with E-state index < -0.39 is 0 Å². The average Bonchev–Trinajstić information content (AvgIpc) is 2.77. The predicted octanol–water partition coefficient (Wildman–Crippen LogP) is 4.08. The summed E-state index contributed by atoms with van der Waals surface area (Å²) >= 11 is 0. The largest absolute Gasteiger partial charge is 0.261 e. The fraction of sp³-hybridized carbons (Fsp3) is 0.500. The van der Waals surface area contributed by atoms with Gasteiger partial charge in [-0.3, -0.25) is 4.98 Å². The molecule has 0 aliphatic heterocycles. The molecule has 2 rings (SSSR count). The van der Waals surface area contributed by atoms with Crippen LogP contribution < -0.4 is 0 Å². The lowest BCUT2D eigenvalue weighted by Crippen LogP contribution is -2.00. The summed E-state index contributed by atoms with van der Waals surface area (Å²) in [6.07, 6.45) is 7.04. The first-order valence-corrected chi connectivity index (χ1v) is 5.94. The lowest BCUT2D eigenvalue weighted by molar-refractivity contribution is 0.788. The molecule has 1 aromatic heterocycles. The van der Waals surface area contributed by atoms with Gasteiger partial charge >= 0.3 is 0 Å². The summed E-state index contributed by atoms with van der Waals surface area (Å²) in [7, 11) is 0. The molecule has 1 heteroatoms. The molecule has 0 saturated heterocycles. The van der Waals surface area contributed by atoms with Gasteiger partial charge in [-0.2, -0.15) is 0 Å². The molecule has 1 aliphatic rings. The molecule has 1 aliphatic carbocycles. The Labute approximate surface area is 92.2 Å². The maximum atomic E-state index is 4.46. The second-order valence-corrected chi connectivity index (χ2v) is 4.31. The third-order valence-corrected chi connectivity index (χ3v) is 3.46. The van der Waals surface area contributed by atoms with Crippen molar-refractivity contribution in [1.29, 1.82) is 0 Å². The van der Waals surface area contributed by atoms with Gasteiger partial charge in [0.15, 0.2) is 0 Å². The number of hydrogen-bond acceptors (Lipinski definition) is 1. The normalized spacial score (nSPS) is 18.3. The van der Waals surface area contributed by atoms with Crippen LogP contribution in [-0.2, 0) is 0 Å². The molecule has 0 spiro atoms. The summed E-state index contributed by atoms with van der Waals surface area (Å²) in [5.41, 5.74) is 4.55. The van der Waals surface area contributed by atoms with E-state index in [1.165, 1.54) is 31.4 Å². The van der Waals surface area contributed by atoms with Gasteiger partial charge in [0.1, 0.15) is 0 Å². The van der Waals surface area contributed by atoms with E-state index in [1.54, 1.807) is 11.1 Å². The highest BCUT2D eigenvalue weighted by Gasteiger charge is 2.20. The van der Waals surface area contributed by atoms with Crippen LogP contribution in [0, 0.1) is 0 Å². The van der Waals surface area contributed by atoms with Crippen LogP contribution >= 0.6 is 0 Å². The highest BCUT2D eigenvalue weighted by Crippen LogP contribution is 2.37. The Kier molecular flexibility index (Phi) is 3.20. The van der Waals surface area contributed by atoms with Crippen molar-refractivity contribution in [3.8, 4) is 0 Å². The topological polar surface area (TPSA) is 12.9 Å². The third-order valence-electron chi connectivity index (χ3n) is 3.46. The van der Waals surface area contributed by atoms with Gasteiger partial charge in [0, 0.05) is 17.8 Å². The van der Waals surface area contributed by atoms with E-state index in [4.69, 9.17) is 0 Å². The molecular weight excluding hydrogens is 182 g/mol. The average molecular weight is 201 g/mol. The summed E-state index contributed by atoms with van der Waals surface area (Å²) < 4.78 is 0. The summed E-state index contributed by atoms with van der Waals surface area (Å²) in [6.45, 7) is 4.56. The third kappa shape index (κ3) is 2.11. The van der Waals surface area contributed by atoms with Gasteiger partial charge in [0.25, 0.3) is 0 Å². The van der Waals surface area contributed by atoms with Gasteiger partial charge in [-0.1, -0.05) is 31.1 Å². The Bertz CT molecular complexity index is 351. The molecule has 0 fully saturated rings. The molecule has 15 heavy (non-hydrogen) atoms. The van der Waals surface area contributed by atoms with Crippen molar-refractivity contribution >= 4 is 0 Å². The lowest BCUT2D eigenvalue weighted by Gasteiger charge is -2.14. The van der Waals surface area contributed by atoms with Gasteiger partial charge in [-0.25, -0.2) is 0 Å². The molecule has 0 bridgehead atoms. The number of hydrogen-bond donors (Lipinski definition) is 0. The first-order chi connectivity index (χ1) is 7.33. The van der Waals surface area contributed by atoms with Gasteiger partial charge in [0.2, 0.25) is 0 Å². The first-order valence-electron chi connectivity index (χ1n) is 5.94. The van der Waals surface area contributed by atoms with Crippen LogP contribution in [0.25, 0.3) is 0 Å². The molecule has 0 N–H and O–H groups in total. The fourth-order valence-corrected chi connectivity index (χ4v) is 2.57. The number of rotatable bonds is 3. The Hall–Kier alpha value is -1.11. The number of allylic oxidation sites excluding steroid dienone is 2. The fourth-order valence-electron chi connectivity index (χ4n) is 2.57. The Morgan fingerprint density at radius 3 is 2.87 bits per heavy atom. The van der Waals surface area contributed by atoms with E-state index in [1.807, 2.05) is 12.3 Å². The van der Waals surface area contributed by atoms with E-state index in [0.717, 1.165) is 0 Å². The van der Waals surface area contributed by atoms with Gasteiger partial charge in [-0.05, 0) is 37.8 Å². The number of pyridine rings is 1. The smallest absolute Gasteiger partial charge is 0.0472 e. The van der Waals surface area contributed by atoms with E-state index in [0.29, 0.717) is 5.92 Å². The van der Waals surface area contributed by atoms with Crippen molar-refractivity contribution in [3.63, 3.8) is 0 Å². The van der Waals surface area contributed by atoms with Crippen LogP contribution in [0.2, 0.25) is 0 Å². The zero-order chi connectivity index (χ0) is 10.7. The SMILES string of the molecule is CCC1=C([C@H](C)c2ccccn2)CCC1. The lowest BCUT2D eigenvalue weighted by atomic mass is 9.93. The van der Waals surface area contributed by atoms with Crippen LogP contribution in [-0.4, -0.2) is 4.98 Å². The standard InChI is InChI=1S/C14H19N/c1-3-12-7-6-8-13(12)11(2)14-9-4-5-10-15-14/h4-5,9-11H,3,6-8H2,1-2H3/t11-/m0/s1. The molecule has 0 amide bonds. The summed E-state index contributed by atoms with van der Waals surface area (Å²) in [5.74, 6) is 0.517. The van der Waals surface area contributed by atoms with E-state index in [9.17, 15) is 0 Å². The van der Waals surface area contributed by atoms with Crippen LogP contribution in [0.5, 0.6) is 0 Å². The zero-order valence-corrected chi connectivity index (χ0v) is 9.66. The monoisotopic (exact) mass is 201 g/mol. The maximum absolute atomic E-state index is 4.46. The molecule has 1 heterocycles. The van der Waals surface area contributed by atoms with Crippen LogP contribution in [0.15, 0.2) is 35.5 Å². The highest BCUT2D eigenvalue weighted by atomic mass is 14.7. The molecule has 0 aromatic carbocycles. The van der Waals surface area contributed by atoms with Crippen molar-refractivity contribution in [2.75, 3.05) is 0 Å².